The first-order valence-corrected chi connectivity index (χ1v) is 11.0. The summed E-state index contributed by atoms with van der Waals surface area (Å²) in [6.45, 7) is 5.79. The molecule has 10 heteroatoms. The molecule has 0 heterocycles. The molecule has 0 bridgehead atoms. The first kappa shape index (κ1) is 25.9. The molecule has 0 unspecified atom stereocenters. The number of nitro groups is 1. The van der Waals surface area contributed by atoms with Crippen LogP contribution in [0.5, 0.6) is 11.5 Å². The Hall–Kier alpha value is -3.40. The van der Waals surface area contributed by atoms with Gasteiger partial charge in [0.25, 0.3) is 5.69 Å². The van der Waals surface area contributed by atoms with Gasteiger partial charge < -0.3 is 18.9 Å². The van der Waals surface area contributed by atoms with Crippen LogP contribution in [0.15, 0.2) is 46.4 Å². The highest BCUT2D eigenvalue weighted by atomic mass is 79.9. The van der Waals surface area contributed by atoms with E-state index in [-0.39, 0.29) is 31.1 Å². The Morgan fingerprint density at radius 1 is 0.970 bits per heavy atom. The van der Waals surface area contributed by atoms with E-state index in [0.29, 0.717) is 28.1 Å². The molecule has 0 aliphatic heterocycles. The van der Waals surface area contributed by atoms with E-state index in [1.807, 2.05) is 0 Å². The van der Waals surface area contributed by atoms with Gasteiger partial charge in [-0.3, -0.25) is 10.1 Å². The molecule has 0 aliphatic rings. The van der Waals surface area contributed by atoms with Gasteiger partial charge in [0, 0.05) is 12.1 Å². The summed E-state index contributed by atoms with van der Waals surface area (Å²) in [4.78, 5) is 34.8. The molecule has 0 atom stereocenters. The molecule has 0 spiro atoms. The zero-order valence-electron chi connectivity index (χ0n) is 18.5. The number of benzene rings is 2. The highest BCUT2D eigenvalue weighted by molar-refractivity contribution is 9.10. The zero-order chi connectivity index (χ0) is 24.4. The average Bonchev–Trinajstić information content (AvgIpc) is 2.77. The van der Waals surface area contributed by atoms with Crippen LogP contribution in [0.2, 0.25) is 0 Å². The fourth-order valence-corrected chi connectivity index (χ4v) is 3.30. The lowest BCUT2D eigenvalue weighted by Gasteiger charge is -2.15. The predicted molar refractivity (Wildman–Crippen MR) is 124 cm³/mol. The van der Waals surface area contributed by atoms with Gasteiger partial charge in [0.05, 0.1) is 29.2 Å². The number of esters is 2. The Morgan fingerprint density at radius 3 is 2.09 bits per heavy atom. The number of non-ortho nitro benzene ring substituents is 1. The normalized spacial score (nSPS) is 10.2. The van der Waals surface area contributed by atoms with E-state index in [1.165, 1.54) is 18.2 Å². The number of hydrogen-bond donors (Lipinski definition) is 0. The van der Waals surface area contributed by atoms with E-state index >= 15 is 0 Å². The molecule has 0 saturated heterocycles. The molecule has 0 N–H and O–H groups in total. The summed E-state index contributed by atoms with van der Waals surface area (Å²) < 4.78 is 22.0. The van der Waals surface area contributed by atoms with Gasteiger partial charge in [-0.25, -0.2) is 9.59 Å². The number of nitrogens with zero attached hydrogens (tertiary/aromatic N) is 1. The van der Waals surface area contributed by atoms with Crippen LogP contribution in [0, 0.1) is 10.1 Å². The SMILES string of the molecule is CCOC(=O)C(=Cc1cc(Br)c(OCc2ccc([N+](=O)[O-])cc2)c(OCC)c1)C(=O)OCC. The van der Waals surface area contributed by atoms with Crippen molar-refractivity contribution in [2.75, 3.05) is 19.8 Å². The largest absolute Gasteiger partial charge is 0.490 e. The van der Waals surface area contributed by atoms with Crippen LogP contribution in [0.4, 0.5) is 5.69 Å². The molecule has 0 radical (unpaired) electrons. The number of ether oxygens (including phenoxy) is 4. The maximum atomic E-state index is 12.3. The first-order valence-electron chi connectivity index (χ1n) is 10.2. The molecule has 176 valence electrons. The van der Waals surface area contributed by atoms with E-state index in [1.54, 1.807) is 45.0 Å². The second kappa shape index (κ2) is 12.6. The third-order valence-corrected chi connectivity index (χ3v) is 4.75. The van der Waals surface area contributed by atoms with Crippen molar-refractivity contribution in [2.45, 2.75) is 27.4 Å². The maximum absolute atomic E-state index is 12.3. The van der Waals surface area contributed by atoms with Crippen LogP contribution in [0.1, 0.15) is 31.9 Å². The van der Waals surface area contributed by atoms with Gasteiger partial charge in [-0.05, 0) is 78.2 Å². The van der Waals surface area contributed by atoms with Crippen molar-refractivity contribution in [3.8, 4) is 11.5 Å². The lowest BCUT2D eigenvalue weighted by atomic mass is 10.1. The minimum absolute atomic E-state index is 0.00919. The molecule has 9 nitrogen and oxygen atoms in total. The summed E-state index contributed by atoms with van der Waals surface area (Å²) >= 11 is 3.44. The summed E-state index contributed by atoms with van der Waals surface area (Å²) in [6.07, 6.45) is 1.36. The molecule has 0 saturated carbocycles. The lowest BCUT2D eigenvalue weighted by Crippen LogP contribution is -2.18. The minimum Gasteiger partial charge on any atom is -0.490 e. The van der Waals surface area contributed by atoms with Crippen LogP contribution >= 0.6 is 15.9 Å². The Bertz CT molecular complexity index is 1010. The van der Waals surface area contributed by atoms with Crippen LogP contribution in [0.25, 0.3) is 6.08 Å². The van der Waals surface area contributed by atoms with Gasteiger partial charge in [-0.1, -0.05) is 0 Å². The Kier molecular flexibility index (Phi) is 9.86. The average molecular weight is 522 g/mol. The zero-order valence-corrected chi connectivity index (χ0v) is 20.0. The molecule has 33 heavy (non-hydrogen) atoms. The molecule has 0 aromatic heterocycles. The molecule has 0 aliphatic carbocycles. The van der Waals surface area contributed by atoms with Crippen molar-refractivity contribution in [3.63, 3.8) is 0 Å². The highest BCUT2D eigenvalue weighted by Gasteiger charge is 2.22. The monoisotopic (exact) mass is 521 g/mol. The maximum Gasteiger partial charge on any atom is 0.345 e. The standard InChI is InChI=1S/C23H24BrNO8/c1-4-30-20-13-16(11-18(22(26)31-5-2)23(27)32-6-3)12-19(24)21(20)33-14-15-7-9-17(10-8-15)25(28)29/h7-13H,4-6,14H2,1-3H3. The van der Waals surface area contributed by atoms with Gasteiger partial charge in [0.1, 0.15) is 12.2 Å². The van der Waals surface area contributed by atoms with Gasteiger partial charge in [-0.15, -0.1) is 0 Å². The number of carbonyl (C=O) groups excluding carboxylic acids is 2. The molecular weight excluding hydrogens is 498 g/mol. The van der Waals surface area contributed by atoms with Crippen molar-refractivity contribution in [3.05, 3.63) is 67.7 Å². The Morgan fingerprint density at radius 2 is 1.58 bits per heavy atom. The van der Waals surface area contributed by atoms with E-state index < -0.39 is 16.9 Å². The summed E-state index contributed by atoms with van der Waals surface area (Å²) in [5.41, 5.74) is 0.965. The number of nitro benzene ring substituents is 1. The van der Waals surface area contributed by atoms with Crippen LogP contribution in [-0.4, -0.2) is 36.7 Å². The molecule has 0 fully saturated rings. The number of carbonyl (C=O) groups is 2. The molecule has 2 aromatic rings. The topological polar surface area (TPSA) is 114 Å². The van der Waals surface area contributed by atoms with Gasteiger partial charge in [-0.2, -0.15) is 0 Å². The Balaban J connectivity index is 2.35. The summed E-state index contributed by atoms with van der Waals surface area (Å²) in [5, 5.41) is 10.8. The van der Waals surface area contributed by atoms with E-state index in [2.05, 4.69) is 15.9 Å². The van der Waals surface area contributed by atoms with Gasteiger partial charge in [0.15, 0.2) is 11.5 Å². The summed E-state index contributed by atoms with van der Waals surface area (Å²) in [6, 6.07) is 9.29. The van der Waals surface area contributed by atoms with Gasteiger partial charge >= 0.3 is 11.9 Å². The number of hydrogen-bond acceptors (Lipinski definition) is 8. The fourth-order valence-electron chi connectivity index (χ4n) is 2.73. The minimum atomic E-state index is -0.788. The fraction of sp³-hybridized carbons (Fsp3) is 0.304. The summed E-state index contributed by atoms with van der Waals surface area (Å²) in [7, 11) is 0. The van der Waals surface area contributed by atoms with E-state index in [4.69, 9.17) is 18.9 Å². The van der Waals surface area contributed by atoms with Crippen molar-refractivity contribution >= 4 is 39.6 Å². The van der Waals surface area contributed by atoms with Crippen LogP contribution < -0.4 is 9.47 Å². The lowest BCUT2D eigenvalue weighted by molar-refractivity contribution is -0.384. The molecule has 2 aromatic carbocycles. The van der Waals surface area contributed by atoms with Crippen molar-refractivity contribution in [1.29, 1.82) is 0 Å². The van der Waals surface area contributed by atoms with Crippen molar-refractivity contribution < 1.29 is 33.5 Å². The third-order valence-electron chi connectivity index (χ3n) is 4.16. The third kappa shape index (κ3) is 7.31. The first-order chi connectivity index (χ1) is 15.8. The number of rotatable bonds is 11. The number of halogens is 1. The predicted octanol–water partition coefficient (Wildman–Crippen LogP) is 4.84. The van der Waals surface area contributed by atoms with Crippen molar-refractivity contribution in [2.24, 2.45) is 0 Å². The van der Waals surface area contributed by atoms with E-state index in [9.17, 15) is 19.7 Å². The van der Waals surface area contributed by atoms with Crippen molar-refractivity contribution in [1.82, 2.24) is 0 Å². The molecule has 0 amide bonds. The van der Waals surface area contributed by atoms with Crippen LogP contribution in [0.3, 0.4) is 0 Å². The quantitative estimate of drug-likeness (QED) is 0.103. The van der Waals surface area contributed by atoms with E-state index in [0.717, 1.165) is 5.56 Å². The summed E-state index contributed by atoms with van der Waals surface area (Å²) in [5.74, 6) is -0.791. The molecular formula is C23H24BrNO8. The highest BCUT2D eigenvalue weighted by Crippen LogP contribution is 2.38. The second-order valence-electron chi connectivity index (χ2n) is 6.47. The van der Waals surface area contributed by atoms with Crippen LogP contribution in [-0.2, 0) is 25.7 Å². The Labute approximate surface area is 199 Å². The van der Waals surface area contributed by atoms with Gasteiger partial charge in [0.2, 0.25) is 0 Å². The molecule has 2 rings (SSSR count). The smallest absolute Gasteiger partial charge is 0.345 e. The second-order valence-corrected chi connectivity index (χ2v) is 7.33.